The third-order valence-electron chi connectivity index (χ3n) is 7.18. The summed E-state index contributed by atoms with van der Waals surface area (Å²) in [4.78, 5) is 12.3. The number of pyridine rings is 2. The lowest BCUT2D eigenvalue weighted by molar-refractivity contribution is 0.0370. The summed E-state index contributed by atoms with van der Waals surface area (Å²) < 4.78 is 0. The van der Waals surface area contributed by atoms with E-state index >= 15 is 0 Å². The zero-order chi connectivity index (χ0) is 22.1. The summed E-state index contributed by atoms with van der Waals surface area (Å²) in [5.74, 6) is 1.77. The summed E-state index contributed by atoms with van der Waals surface area (Å²) in [6.45, 7) is 5.15. The van der Waals surface area contributed by atoms with Gasteiger partial charge in [-0.25, -0.2) is 10.4 Å². The van der Waals surface area contributed by atoms with Crippen molar-refractivity contribution in [2.45, 2.75) is 89.1 Å². The lowest BCUT2D eigenvalue weighted by Gasteiger charge is -2.49. The molecule has 0 spiro atoms. The maximum atomic E-state index is 9.05. The van der Waals surface area contributed by atoms with E-state index in [0.29, 0.717) is 30.6 Å². The Kier molecular flexibility index (Phi) is 6.13. The Morgan fingerprint density at radius 2 is 1.97 bits per heavy atom. The van der Waals surface area contributed by atoms with Crippen LogP contribution in [0.3, 0.4) is 0 Å². The van der Waals surface area contributed by atoms with Crippen LogP contribution in [-0.2, 0) is 0 Å². The summed E-state index contributed by atoms with van der Waals surface area (Å²) in [5, 5.41) is 17.5. The van der Waals surface area contributed by atoms with Gasteiger partial charge in [-0.1, -0.05) is 6.42 Å². The molecule has 8 heteroatoms. The van der Waals surface area contributed by atoms with E-state index in [-0.39, 0.29) is 6.17 Å². The third-order valence-corrected chi connectivity index (χ3v) is 7.18. The van der Waals surface area contributed by atoms with Crippen LogP contribution in [-0.4, -0.2) is 51.7 Å². The van der Waals surface area contributed by atoms with Gasteiger partial charge in [-0.3, -0.25) is 15.3 Å². The Morgan fingerprint density at radius 1 is 1.16 bits per heavy atom. The predicted molar refractivity (Wildman–Crippen MR) is 127 cm³/mol. The molecule has 0 aliphatic carbocycles. The number of aromatic nitrogens is 2. The largest absolute Gasteiger partial charge is 0.367 e. The third kappa shape index (κ3) is 4.51. The minimum absolute atomic E-state index is 0.149. The van der Waals surface area contributed by atoms with Gasteiger partial charge in [0.05, 0.1) is 17.8 Å². The van der Waals surface area contributed by atoms with E-state index in [2.05, 4.69) is 52.4 Å². The molecule has 0 saturated carbocycles. The highest BCUT2D eigenvalue weighted by Crippen LogP contribution is 2.36. The summed E-state index contributed by atoms with van der Waals surface area (Å²) in [5.41, 5.74) is 8.65. The van der Waals surface area contributed by atoms with Gasteiger partial charge in [-0.05, 0) is 57.6 Å². The molecule has 0 radical (unpaired) electrons. The average molecular weight is 435 g/mol. The molecule has 8 nitrogen and oxygen atoms in total. The van der Waals surface area contributed by atoms with Crippen LogP contribution in [0.2, 0.25) is 0 Å². The second kappa shape index (κ2) is 9.18. The van der Waals surface area contributed by atoms with E-state index in [4.69, 9.17) is 15.2 Å². The molecule has 5 atom stereocenters. The molecule has 32 heavy (non-hydrogen) atoms. The summed E-state index contributed by atoms with van der Waals surface area (Å²) >= 11 is 0. The highest BCUT2D eigenvalue weighted by atomic mass is 15.5. The molecule has 0 aromatic carbocycles. The Bertz CT molecular complexity index is 987. The van der Waals surface area contributed by atoms with E-state index in [1.165, 1.54) is 19.3 Å². The zero-order valence-electron chi connectivity index (χ0n) is 19.1. The summed E-state index contributed by atoms with van der Waals surface area (Å²) in [7, 11) is 0. The second-order valence-corrected chi connectivity index (χ2v) is 9.75. The van der Waals surface area contributed by atoms with E-state index in [1.54, 1.807) is 0 Å². The van der Waals surface area contributed by atoms with Crippen molar-refractivity contribution in [2.75, 3.05) is 17.2 Å². The number of rotatable bonds is 6. The number of nitrogens with zero attached hydrogens (tertiary/aromatic N) is 4. The minimum Gasteiger partial charge on any atom is -0.367 e. The summed E-state index contributed by atoms with van der Waals surface area (Å²) in [6, 6.07) is 8.51. The number of hydrazine groups is 1. The molecule has 2 aromatic heterocycles. The first kappa shape index (κ1) is 21.4. The quantitative estimate of drug-likeness (QED) is 0.550. The smallest absolute Gasteiger partial charge is 0.138 e. The molecule has 3 aliphatic heterocycles. The Labute approximate surface area is 190 Å². The lowest BCUT2D eigenvalue weighted by Crippen LogP contribution is -2.55. The molecule has 5 rings (SSSR count). The number of fused-ring (bicyclic) bond motifs is 3. The highest BCUT2D eigenvalue weighted by Gasteiger charge is 2.38. The number of hydrogen-bond acceptors (Lipinski definition) is 8. The van der Waals surface area contributed by atoms with E-state index in [0.717, 1.165) is 53.9 Å². The maximum Gasteiger partial charge on any atom is 0.138 e. The molecular weight excluding hydrogens is 400 g/mol. The fraction of sp³-hybridized carbons (Fsp3) is 0.625. The number of nitriles is 1. The van der Waals surface area contributed by atoms with Gasteiger partial charge < -0.3 is 10.6 Å². The standard InChI is InChI=1S/C24H34N8/c1-15-9-20-21(26-14-15)13-22(28-23-10-16(2)30-31-23)29-24(20)27-17-11-18-5-3-6-19(12-17)32(18)8-4-7-25/h9,13-14,16-19,23,30-31H,3-6,8,10-12H2,1-2H3,(H2,27,28,29)/t16?,17?,18-,19+,23?. The van der Waals surface area contributed by atoms with Crippen LogP contribution in [0.1, 0.15) is 57.4 Å². The van der Waals surface area contributed by atoms with Crippen molar-refractivity contribution >= 4 is 22.5 Å². The minimum atomic E-state index is 0.149. The lowest BCUT2D eigenvalue weighted by atomic mass is 9.81. The Hall–Kier alpha value is -2.47. The number of hydrogen-bond donors (Lipinski definition) is 4. The van der Waals surface area contributed by atoms with Crippen molar-refractivity contribution in [1.82, 2.24) is 25.7 Å². The van der Waals surface area contributed by atoms with E-state index in [9.17, 15) is 0 Å². The van der Waals surface area contributed by atoms with Gasteiger partial charge >= 0.3 is 0 Å². The molecule has 2 aromatic rings. The van der Waals surface area contributed by atoms with E-state index < -0.39 is 0 Å². The first-order chi connectivity index (χ1) is 15.6. The SMILES string of the molecule is Cc1cnc2cc(NC3CC(C)NN3)nc(NC3C[C@H]4CCC[C@@H](C3)N4CCC#N)c2c1. The molecule has 3 fully saturated rings. The van der Waals surface area contributed by atoms with Crippen molar-refractivity contribution < 1.29 is 0 Å². The van der Waals surface area contributed by atoms with Gasteiger partial charge in [-0.2, -0.15) is 5.26 Å². The number of anilines is 2. The van der Waals surface area contributed by atoms with Crippen LogP contribution >= 0.6 is 0 Å². The van der Waals surface area contributed by atoms with Crippen LogP contribution in [0, 0.1) is 18.3 Å². The number of aryl methyl sites for hydroxylation is 1. The zero-order valence-corrected chi connectivity index (χ0v) is 19.1. The van der Waals surface area contributed by atoms with Crippen molar-refractivity contribution in [3.8, 4) is 6.07 Å². The Balaban J connectivity index is 1.38. The maximum absolute atomic E-state index is 9.05. The average Bonchev–Trinajstić information content (AvgIpc) is 3.17. The first-order valence-corrected chi connectivity index (χ1v) is 12.0. The van der Waals surface area contributed by atoms with E-state index in [1.807, 2.05) is 12.3 Å². The van der Waals surface area contributed by atoms with Gasteiger partial charge in [0.1, 0.15) is 11.6 Å². The fourth-order valence-corrected chi connectivity index (χ4v) is 5.73. The number of nitrogens with one attached hydrogen (secondary N) is 4. The van der Waals surface area contributed by atoms with Gasteiger partial charge in [0.2, 0.25) is 0 Å². The molecule has 2 bridgehead atoms. The second-order valence-electron chi connectivity index (χ2n) is 9.75. The van der Waals surface area contributed by atoms with Crippen LogP contribution in [0.15, 0.2) is 18.3 Å². The number of piperidine rings is 2. The monoisotopic (exact) mass is 434 g/mol. The molecule has 170 valence electrons. The van der Waals surface area contributed by atoms with Crippen molar-refractivity contribution in [3.05, 3.63) is 23.9 Å². The molecule has 0 amide bonds. The Morgan fingerprint density at radius 3 is 2.69 bits per heavy atom. The highest BCUT2D eigenvalue weighted by molar-refractivity contribution is 5.91. The topological polar surface area (TPSA) is 101 Å². The molecule has 5 heterocycles. The molecule has 3 unspecified atom stereocenters. The van der Waals surface area contributed by atoms with Gasteiger partial charge in [0, 0.05) is 54.8 Å². The van der Waals surface area contributed by atoms with Crippen molar-refractivity contribution in [1.29, 1.82) is 5.26 Å². The van der Waals surface area contributed by atoms with Gasteiger partial charge in [0.15, 0.2) is 0 Å². The molecular formula is C24H34N8. The van der Waals surface area contributed by atoms with Gasteiger partial charge in [0.25, 0.3) is 0 Å². The van der Waals surface area contributed by atoms with Gasteiger partial charge in [-0.15, -0.1) is 0 Å². The molecule has 3 saturated heterocycles. The van der Waals surface area contributed by atoms with Crippen LogP contribution < -0.4 is 21.5 Å². The van der Waals surface area contributed by atoms with Crippen LogP contribution in [0.25, 0.3) is 10.9 Å². The van der Waals surface area contributed by atoms with Crippen LogP contribution in [0.4, 0.5) is 11.6 Å². The predicted octanol–water partition coefficient (Wildman–Crippen LogP) is 3.27. The normalized spacial score (nSPS) is 30.2. The fourth-order valence-electron chi connectivity index (χ4n) is 5.73. The summed E-state index contributed by atoms with van der Waals surface area (Å²) in [6.07, 6.45) is 9.66. The van der Waals surface area contributed by atoms with Crippen molar-refractivity contribution in [3.63, 3.8) is 0 Å². The first-order valence-electron chi connectivity index (χ1n) is 12.0. The van der Waals surface area contributed by atoms with Crippen LogP contribution in [0.5, 0.6) is 0 Å². The molecule has 4 N–H and O–H groups in total. The molecule has 3 aliphatic rings. The van der Waals surface area contributed by atoms with Crippen molar-refractivity contribution in [2.24, 2.45) is 0 Å².